The minimum atomic E-state index is -4.96. The van der Waals surface area contributed by atoms with Gasteiger partial charge in [-0.3, -0.25) is 37.3 Å². The lowest BCUT2D eigenvalue weighted by molar-refractivity contribution is -0.161. The smallest absolute Gasteiger partial charge is 0.462 e. The lowest BCUT2D eigenvalue weighted by atomic mass is 9.99. The number of phosphoric acid groups is 2. The summed E-state index contributed by atoms with van der Waals surface area (Å²) in [5.41, 5.74) is 0. The first kappa shape index (κ1) is 97.1. The molecule has 0 heterocycles. The number of aliphatic hydroxyl groups is 1. The van der Waals surface area contributed by atoms with Crippen LogP contribution in [-0.2, 0) is 65.4 Å². The molecule has 0 aromatic rings. The zero-order chi connectivity index (χ0) is 73.1. The highest BCUT2D eigenvalue weighted by molar-refractivity contribution is 7.47. The van der Waals surface area contributed by atoms with E-state index < -0.39 is 97.5 Å². The summed E-state index contributed by atoms with van der Waals surface area (Å²) in [5, 5.41) is 10.6. The summed E-state index contributed by atoms with van der Waals surface area (Å²) in [6.07, 6.45) is 55.5. The van der Waals surface area contributed by atoms with E-state index >= 15 is 0 Å². The van der Waals surface area contributed by atoms with Crippen LogP contribution in [0.4, 0.5) is 0 Å². The largest absolute Gasteiger partial charge is 0.472 e. The van der Waals surface area contributed by atoms with Gasteiger partial charge < -0.3 is 33.8 Å². The molecule has 0 fully saturated rings. The van der Waals surface area contributed by atoms with Crippen molar-refractivity contribution in [2.24, 2.45) is 23.7 Å². The van der Waals surface area contributed by atoms with Crippen LogP contribution in [0.25, 0.3) is 0 Å². The van der Waals surface area contributed by atoms with Gasteiger partial charge in [-0.1, -0.05) is 357 Å². The van der Waals surface area contributed by atoms with E-state index in [4.69, 9.17) is 37.0 Å². The Labute approximate surface area is 607 Å². The highest BCUT2D eigenvalue weighted by Crippen LogP contribution is 2.45. The molecule has 0 amide bonds. The fourth-order valence-corrected chi connectivity index (χ4v) is 13.8. The van der Waals surface area contributed by atoms with Crippen molar-refractivity contribution in [2.45, 2.75) is 427 Å². The fraction of sp³-hybridized carbons (Fsp3) is 0.950. The van der Waals surface area contributed by atoms with E-state index in [0.717, 1.165) is 114 Å². The zero-order valence-electron chi connectivity index (χ0n) is 65.1. The van der Waals surface area contributed by atoms with Crippen LogP contribution in [0.5, 0.6) is 0 Å². The van der Waals surface area contributed by atoms with Crippen molar-refractivity contribution in [3.63, 3.8) is 0 Å². The van der Waals surface area contributed by atoms with Crippen LogP contribution in [0.3, 0.4) is 0 Å². The number of aliphatic hydroxyl groups excluding tert-OH is 1. The van der Waals surface area contributed by atoms with Gasteiger partial charge in [0.05, 0.1) is 26.4 Å². The molecule has 4 unspecified atom stereocenters. The zero-order valence-corrected chi connectivity index (χ0v) is 66.9. The van der Waals surface area contributed by atoms with Gasteiger partial charge in [-0.15, -0.1) is 0 Å². The quantitative estimate of drug-likeness (QED) is 0.0222. The maximum Gasteiger partial charge on any atom is 0.472 e. The minimum Gasteiger partial charge on any atom is -0.462 e. The molecule has 17 nitrogen and oxygen atoms in total. The summed E-state index contributed by atoms with van der Waals surface area (Å²) in [5.74, 6) is 0.993. The van der Waals surface area contributed by atoms with E-state index in [1.807, 2.05) is 0 Å². The molecule has 0 saturated carbocycles. The standard InChI is InChI=1S/C80H156O17P2/c1-9-73(8)59-51-43-35-27-20-16-13-14-18-22-29-37-46-54-62-79(84)97-76(67-91-78(83)61-53-45-39-31-34-42-50-58-72(6)7)69-95-99(88,89)93-65-74(81)64-92-98(86,87)94-68-75(96-80(85)63-55-47-38-30-24-23-26-33-41-49-57-71(4)5)66-90-77(82)60-52-44-36-28-21-17-12-10-11-15-19-25-32-40-48-56-70(2)3/h70-76,81H,9-69H2,1-8H3,(H,86,87)(H,88,89)/t73?,74?,75-,76-/m1/s1. The van der Waals surface area contributed by atoms with E-state index in [2.05, 4.69) is 55.4 Å². The van der Waals surface area contributed by atoms with Crippen molar-refractivity contribution < 1.29 is 80.2 Å². The molecule has 0 spiro atoms. The van der Waals surface area contributed by atoms with Crippen LogP contribution in [0, 0.1) is 23.7 Å². The highest BCUT2D eigenvalue weighted by Gasteiger charge is 2.30. The Kier molecular flexibility index (Phi) is 67.8. The second kappa shape index (κ2) is 69.1. The summed E-state index contributed by atoms with van der Waals surface area (Å²) < 4.78 is 68.7. The summed E-state index contributed by atoms with van der Waals surface area (Å²) in [6, 6.07) is 0. The van der Waals surface area contributed by atoms with E-state index in [0.29, 0.717) is 31.6 Å². The normalized spacial score (nSPS) is 14.3. The van der Waals surface area contributed by atoms with Crippen molar-refractivity contribution in [1.82, 2.24) is 0 Å². The van der Waals surface area contributed by atoms with Crippen molar-refractivity contribution >= 4 is 39.5 Å². The summed E-state index contributed by atoms with van der Waals surface area (Å²) in [4.78, 5) is 73.0. The van der Waals surface area contributed by atoms with Crippen molar-refractivity contribution in [3.05, 3.63) is 0 Å². The Morgan fingerprint density at radius 1 is 0.283 bits per heavy atom. The van der Waals surface area contributed by atoms with Gasteiger partial charge in [-0.05, 0) is 49.4 Å². The Morgan fingerprint density at radius 3 is 0.717 bits per heavy atom. The number of hydrogen-bond donors (Lipinski definition) is 3. The third-order valence-corrected chi connectivity index (χ3v) is 20.8. The predicted molar refractivity (Wildman–Crippen MR) is 404 cm³/mol. The van der Waals surface area contributed by atoms with Gasteiger partial charge in [0.1, 0.15) is 19.3 Å². The monoisotopic (exact) mass is 1450 g/mol. The number of esters is 4. The Morgan fingerprint density at radius 2 is 0.485 bits per heavy atom. The van der Waals surface area contributed by atoms with E-state index in [1.165, 1.54) is 205 Å². The Balaban J connectivity index is 5.22. The van der Waals surface area contributed by atoms with Gasteiger partial charge in [-0.2, -0.15) is 0 Å². The second-order valence-corrected chi connectivity index (χ2v) is 33.4. The molecule has 0 aliphatic carbocycles. The lowest BCUT2D eigenvalue weighted by Crippen LogP contribution is -2.30. The third-order valence-electron chi connectivity index (χ3n) is 18.9. The molecule has 0 radical (unpaired) electrons. The summed E-state index contributed by atoms with van der Waals surface area (Å²) in [7, 11) is -9.92. The number of phosphoric ester groups is 2. The summed E-state index contributed by atoms with van der Waals surface area (Å²) >= 11 is 0. The summed E-state index contributed by atoms with van der Waals surface area (Å²) in [6.45, 7) is 14.3. The molecular weight excluding hydrogens is 1290 g/mol. The molecule has 99 heavy (non-hydrogen) atoms. The Bertz CT molecular complexity index is 1940. The first-order valence-corrected chi connectivity index (χ1v) is 44.2. The molecule has 0 bridgehead atoms. The number of carbonyl (C=O) groups excluding carboxylic acids is 4. The van der Waals surface area contributed by atoms with E-state index in [1.54, 1.807) is 0 Å². The van der Waals surface area contributed by atoms with Crippen molar-refractivity contribution in [3.8, 4) is 0 Å². The number of carbonyl (C=O) groups is 4. The van der Waals surface area contributed by atoms with Crippen molar-refractivity contribution in [2.75, 3.05) is 39.6 Å². The molecule has 0 aromatic carbocycles. The third kappa shape index (κ3) is 72.8. The first-order valence-electron chi connectivity index (χ1n) is 41.2. The van der Waals surface area contributed by atoms with E-state index in [-0.39, 0.29) is 25.7 Å². The predicted octanol–water partition coefficient (Wildman–Crippen LogP) is 23.6. The van der Waals surface area contributed by atoms with Gasteiger partial charge in [-0.25, -0.2) is 9.13 Å². The van der Waals surface area contributed by atoms with Gasteiger partial charge in [0.2, 0.25) is 0 Å². The molecular formula is C80H156O17P2. The van der Waals surface area contributed by atoms with Gasteiger partial charge in [0, 0.05) is 25.7 Å². The van der Waals surface area contributed by atoms with Crippen LogP contribution < -0.4 is 0 Å². The van der Waals surface area contributed by atoms with Crippen LogP contribution in [0.15, 0.2) is 0 Å². The number of unbranched alkanes of at least 4 members (excludes halogenated alkanes) is 42. The van der Waals surface area contributed by atoms with Crippen LogP contribution in [0.1, 0.15) is 409 Å². The molecule has 0 rings (SSSR count). The second-order valence-electron chi connectivity index (χ2n) is 30.5. The maximum atomic E-state index is 13.1. The molecule has 3 N–H and O–H groups in total. The van der Waals surface area contributed by atoms with Gasteiger partial charge in [0.15, 0.2) is 12.2 Å². The number of ether oxygens (including phenoxy) is 4. The molecule has 0 aliphatic rings. The molecule has 0 aromatic heterocycles. The SMILES string of the molecule is CCC(C)CCCCCCCCCCCCCCCCC(=O)O[C@H](COC(=O)CCCCCCCCCC(C)C)COP(=O)(O)OCC(O)COP(=O)(O)OC[C@@H](COC(=O)CCCCCCCCCCCCCCCCCC(C)C)OC(=O)CCCCCCCCCCCCC(C)C. The number of rotatable bonds is 77. The molecule has 0 saturated heterocycles. The Hall–Kier alpha value is -1.94. The molecule has 0 aliphatic heterocycles. The minimum absolute atomic E-state index is 0.106. The molecule has 6 atom stereocenters. The van der Waals surface area contributed by atoms with Crippen LogP contribution >= 0.6 is 15.6 Å². The van der Waals surface area contributed by atoms with Crippen LogP contribution in [0.2, 0.25) is 0 Å². The highest BCUT2D eigenvalue weighted by atomic mass is 31.2. The lowest BCUT2D eigenvalue weighted by Gasteiger charge is -2.21. The van der Waals surface area contributed by atoms with Gasteiger partial charge in [0.25, 0.3) is 0 Å². The van der Waals surface area contributed by atoms with Crippen molar-refractivity contribution in [1.29, 1.82) is 0 Å². The van der Waals surface area contributed by atoms with Crippen LogP contribution in [-0.4, -0.2) is 96.7 Å². The molecule has 588 valence electrons. The topological polar surface area (TPSA) is 237 Å². The van der Waals surface area contributed by atoms with E-state index in [9.17, 15) is 43.2 Å². The fourth-order valence-electron chi connectivity index (χ4n) is 12.2. The van der Waals surface area contributed by atoms with Gasteiger partial charge >= 0.3 is 39.5 Å². The maximum absolute atomic E-state index is 13.1. The average molecular weight is 1450 g/mol. The average Bonchev–Trinajstić information content (AvgIpc) is 1.12. The number of hydrogen-bond acceptors (Lipinski definition) is 15. The molecule has 19 heteroatoms. The first-order chi connectivity index (χ1) is 47.6.